The summed E-state index contributed by atoms with van der Waals surface area (Å²) >= 11 is 1.54. The fourth-order valence-electron chi connectivity index (χ4n) is 5.44. The van der Waals surface area contributed by atoms with E-state index >= 15 is 0 Å². The number of thiazole rings is 1. The molecular formula is C28H35N3O4S. The molecule has 4 rings (SSSR count). The van der Waals surface area contributed by atoms with Crippen LogP contribution in [0.3, 0.4) is 0 Å². The number of methoxy groups -OCH3 is 1. The quantitative estimate of drug-likeness (QED) is 0.308. The summed E-state index contributed by atoms with van der Waals surface area (Å²) in [6.07, 6.45) is 8.93. The number of hydrogen-bond donors (Lipinski definition) is 2. The standard InChI is InChI=1S/C28H35N3O4S/c1-18-23(28(33)34)16-25(24-17-36-27(30-24)20-11-13-22(35-2)14-12-20)31(18)21(9-6-10-26(29)32)15-19-7-4-3-5-8-19/h11-14,16-17,19,21H,3-10,15H2,1-2H3,(H2,29,32)(H,33,34). The topological polar surface area (TPSA) is 107 Å². The lowest BCUT2D eigenvalue weighted by Gasteiger charge is -2.29. The molecule has 0 aliphatic heterocycles. The van der Waals surface area contributed by atoms with Crippen molar-refractivity contribution in [1.82, 2.24) is 9.55 Å². The summed E-state index contributed by atoms with van der Waals surface area (Å²) in [4.78, 5) is 28.5. The normalized spacial score (nSPS) is 15.1. The van der Waals surface area contributed by atoms with Crippen LogP contribution < -0.4 is 10.5 Å². The first-order valence-corrected chi connectivity index (χ1v) is 13.6. The maximum absolute atomic E-state index is 12.1. The Morgan fingerprint density at radius 1 is 1.22 bits per heavy atom. The third kappa shape index (κ3) is 5.98. The van der Waals surface area contributed by atoms with E-state index in [4.69, 9.17) is 15.5 Å². The third-order valence-electron chi connectivity index (χ3n) is 7.28. The molecule has 36 heavy (non-hydrogen) atoms. The number of aromatic carboxylic acids is 1. The summed E-state index contributed by atoms with van der Waals surface area (Å²) in [6, 6.07) is 9.61. The number of primary amides is 1. The van der Waals surface area contributed by atoms with Crippen LogP contribution in [-0.2, 0) is 4.79 Å². The van der Waals surface area contributed by atoms with Gasteiger partial charge in [0.15, 0.2) is 0 Å². The maximum Gasteiger partial charge on any atom is 0.337 e. The van der Waals surface area contributed by atoms with E-state index in [2.05, 4.69) is 4.57 Å². The van der Waals surface area contributed by atoms with Crippen molar-refractivity contribution in [2.24, 2.45) is 11.7 Å². The van der Waals surface area contributed by atoms with Crippen molar-refractivity contribution >= 4 is 23.2 Å². The molecule has 8 heteroatoms. The van der Waals surface area contributed by atoms with Crippen molar-refractivity contribution in [3.8, 4) is 27.7 Å². The molecule has 1 aromatic carbocycles. The van der Waals surface area contributed by atoms with Crippen LogP contribution in [0.15, 0.2) is 35.7 Å². The predicted octanol–water partition coefficient (Wildman–Crippen LogP) is 6.46. The molecule has 2 heterocycles. The Morgan fingerprint density at radius 2 is 1.94 bits per heavy atom. The minimum absolute atomic E-state index is 0.0849. The fourth-order valence-corrected chi connectivity index (χ4v) is 6.25. The monoisotopic (exact) mass is 509 g/mol. The van der Waals surface area contributed by atoms with Crippen LogP contribution in [-0.4, -0.2) is 33.6 Å². The Hall–Kier alpha value is -3.13. The third-order valence-corrected chi connectivity index (χ3v) is 8.17. The van der Waals surface area contributed by atoms with Crippen LogP contribution in [0.1, 0.15) is 79.9 Å². The number of nitrogens with zero attached hydrogens (tertiary/aromatic N) is 2. The second kappa shape index (κ2) is 11.7. The smallest absolute Gasteiger partial charge is 0.337 e. The van der Waals surface area contributed by atoms with Gasteiger partial charge in [-0.15, -0.1) is 11.3 Å². The average Bonchev–Trinajstić information content (AvgIpc) is 3.49. The molecule has 192 valence electrons. The van der Waals surface area contributed by atoms with Crippen molar-refractivity contribution in [2.75, 3.05) is 7.11 Å². The number of carbonyl (C=O) groups excluding carboxylic acids is 1. The first-order valence-electron chi connectivity index (χ1n) is 12.7. The van der Waals surface area contributed by atoms with E-state index in [1.165, 1.54) is 43.4 Å². The lowest BCUT2D eigenvalue weighted by atomic mass is 9.83. The summed E-state index contributed by atoms with van der Waals surface area (Å²) in [5.41, 5.74) is 9.04. The number of nitrogens with two attached hydrogens (primary N) is 1. The summed E-state index contributed by atoms with van der Waals surface area (Å²) in [6.45, 7) is 1.88. The zero-order valence-electron chi connectivity index (χ0n) is 21.0. The van der Waals surface area contributed by atoms with Gasteiger partial charge in [-0.1, -0.05) is 32.1 Å². The number of amides is 1. The van der Waals surface area contributed by atoms with Crippen molar-refractivity contribution in [2.45, 2.75) is 70.8 Å². The number of ether oxygens (including phenoxy) is 1. The Balaban J connectivity index is 1.71. The SMILES string of the molecule is COc1ccc(-c2nc(-c3cc(C(=O)O)c(C)n3C(CCCC(N)=O)CC3CCCCC3)cs2)cc1. The number of hydrogen-bond acceptors (Lipinski definition) is 5. The molecule has 1 aliphatic carbocycles. The molecule has 1 amide bonds. The van der Waals surface area contributed by atoms with E-state index in [-0.39, 0.29) is 11.9 Å². The number of carboxylic acid groups (broad SMARTS) is 1. The van der Waals surface area contributed by atoms with Crippen molar-refractivity contribution < 1.29 is 19.4 Å². The lowest BCUT2D eigenvalue weighted by Crippen LogP contribution is -2.19. The van der Waals surface area contributed by atoms with Gasteiger partial charge in [-0.2, -0.15) is 0 Å². The first-order chi connectivity index (χ1) is 17.4. The van der Waals surface area contributed by atoms with Gasteiger partial charge >= 0.3 is 5.97 Å². The second-order valence-corrected chi connectivity index (χ2v) is 10.6. The van der Waals surface area contributed by atoms with E-state index in [0.717, 1.165) is 46.2 Å². The minimum Gasteiger partial charge on any atom is -0.497 e. The molecule has 3 N–H and O–H groups in total. The van der Waals surface area contributed by atoms with E-state index in [1.54, 1.807) is 13.2 Å². The molecule has 1 saturated carbocycles. The Morgan fingerprint density at radius 3 is 2.58 bits per heavy atom. The van der Waals surface area contributed by atoms with Gasteiger partial charge in [0.2, 0.25) is 5.91 Å². The summed E-state index contributed by atoms with van der Waals surface area (Å²) in [7, 11) is 1.64. The molecule has 0 saturated heterocycles. The molecule has 1 fully saturated rings. The fraction of sp³-hybridized carbons (Fsp3) is 0.464. The zero-order valence-corrected chi connectivity index (χ0v) is 21.9. The van der Waals surface area contributed by atoms with Gasteiger partial charge in [0.1, 0.15) is 10.8 Å². The molecule has 0 radical (unpaired) electrons. The molecule has 7 nitrogen and oxygen atoms in total. The summed E-state index contributed by atoms with van der Waals surface area (Å²) < 4.78 is 7.44. The Bertz CT molecular complexity index is 1190. The van der Waals surface area contributed by atoms with Crippen LogP contribution in [0.2, 0.25) is 0 Å². The van der Waals surface area contributed by atoms with Crippen LogP contribution in [0.4, 0.5) is 0 Å². The van der Waals surface area contributed by atoms with E-state index < -0.39 is 5.97 Å². The number of carboxylic acids is 1. The highest BCUT2D eigenvalue weighted by Gasteiger charge is 2.27. The predicted molar refractivity (Wildman–Crippen MR) is 142 cm³/mol. The van der Waals surface area contributed by atoms with Crippen molar-refractivity contribution in [1.29, 1.82) is 0 Å². The average molecular weight is 510 g/mol. The number of carbonyl (C=O) groups is 2. The van der Waals surface area contributed by atoms with Gasteiger partial charge in [0.05, 0.1) is 24.1 Å². The molecule has 2 aromatic heterocycles. The van der Waals surface area contributed by atoms with Crippen LogP contribution >= 0.6 is 11.3 Å². The summed E-state index contributed by atoms with van der Waals surface area (Å²) in [5.74, 6) is 0.149. The second-order valence-electron chi connectivity index (χ2n) is 9.72. The van der Waals surface area contributed by atoms with E-state index in [1.807, 2.05) is 36.6 Å². The first kappa shape index (κ1) is 25.9. The maximum atomic E-state index is 12.1. The van der Waals surface area contributed by atoms with Gasteiger partial charge < -0.3 is 20.1 Å². The Labute approximate surface area is 216 Å². The zero-order chi connectivity index (χ0) is 25.7. The number of benzene rings is 1. The highest BCUT2D eigenvalue weighted by Crippen LogP contribution is 2.39. The van der Waals surface area contributed by atoms with Crippen LogP contribution in [0.5, 0.6) is 5.75 Å². The van der Waals surface area contributed by atoms with E-state index in [9.17, 15) is 14.7 Å². The van der Waals surface area contributed by atoms with Gasteiger partial charge in [-0.3, -0.25) is 4.79 Å². The largest absolute Gasteiger partial charge is 0.497 e. The highest BCUT2D eigenvalue weighted by molar-refractivity contribution is 7.13. The molecular weight excluding hydrogens is 474 g/mol. The molecule has 0 bridgehead atoms. The van der Waals surface area contributed by atoms with Crippen molar-refractivity contribution in [3.05, 3.63) is 47.0 Å². The minimum atomic E-state index is -0.938. The molecule has 1 atom stereocenters. The molecule has 0 spiro atoms. The van der Waals surface area contributed by atoms with Crippen LogP contribution in [0.25, 0.3) is 22.0 Å². The van der Waals surface area contributed by atoms with Gasteiger partial charge in [-0.25, -0.2) is 9.78 Å². The highest BCUT2D eigenvalue weighted by atomic mass is 32.1. The summed E-state index contributed by atoms with van der Waals surface area (Å²) in [5, 5.41) is 12.8. The number of aromatic nitrogens is 2. The van der Waals surface area contributed by atoms with Gasteiger partial charge in [-0.05, 0) is 62.4 Å². The Kier molecular flexibility index (Phi) is 8.46. The van der Waals surface area contributed by atoms with E-state index in [0.29, 0.717) is 24.3 Å². The molecule has 1 aliphatic rings. The van der Waals surface area contributed by atoms with Gasteiger partial charge in [0, 0.05) is 29.1 Å². The molecule has 3 aromatic rings. The van der Waals surface area contributed by atoms with Crippen LogP contribution in [0, 0.1) is 12.8 Å². The van der Waals surface area contributed by atoms with Crippen molar-refractivity contribution in [3.63, 3.8) is 0 Å². The van der Waals surface area contributed by atoms with Gasteiger partial charge in [0.25, 0.3) is 0 Å². The lowest BCUT2D eigenvalue weighted by molar-refractivity contribution is -0.118. The number of rotatable bonds is 11. The molecule has 1 unspecified atom stereocenters.